The lowest BCUT2D eigenvalue weighted by atomic mass is 9.75. The van der Waals surface area contributed by atoms with Crippen LogP contribution in [0.3, 0.4) is 0 Å². The number of aromatic nitrogens is 1. The van der Waals surface area contributed by atoms with Gasteiger partial charge in [0.15, 0.2) is 0 Å². The highest BCUT2D eigenvalue weighted by atomic mass is 32.1. The minimum absolute atomic E-state index is 0.473. The fourth-order valence-electron chi connectivity index (χ4n) is 2.73. The summed E-state index contributed by atoms with van der Waals surface area (Å²) in [7, 11) is 0. The number of carbonyl (C=O) groups is 1. The molecule has 1 aliphatic rings. The van der Waals surface area contributed by atoms with Gasteiger partial charge in [0, 0.05) is 17.6 Å². The van der Waals surface area contributed by atoms with Gasteiger partial charge in [0.25, 0.3) is 0 Å². The second-order valence-corrected chi connectivity index (χ2v) is 6.05. The molecule has 1 fully saturated rings. The summed E-state index contributed by atoms with van der Waals surface area (Å²) in [5.74, 6) is -0.609. The first-order chi connectivity index (χ1) is 8.66. The molecule has 1 aromatic heterocycles. The Morgan fingerprint density at radius 1 is 1.56 bits per heavy atom. The van der Waals surface area contributed by atoms with Crippen molar-refractivity contribution in [3.8, 4) is 0 Å². The molecule has 0 radical (unpaired) electrons. The molecular weight excluding hydrogens is 248 g/mol. The third-order valence-corrected chi connectivity index (χ3v) is 4.62. The number of thiazole rings is 1. The van der Waals surface area contributed by atoms with Gasteiger partial charge in [-0.05, 0) is 32.4 Å². The number of carboxylic acid groups (broad SMARTS) is 1. The summed E-state index contributed by atoms with van der Waals surface area (Å²) in [5.41, 5.74) is 1.37. The van der Waals surface area contributed by atoms with E-state index in [-0.39, 0.29) is 0 Å². The summed E-state index contributed by atoms with van der Waals surface area (Å²) in [6.07, 6.45) is 5.19. The highest BCUT2D eigenvalue weighted by Crippen LogP contribution is 2.36. The van der Waals surface area contributed by atoms with E-state index in [1.807, 2.05) is 11.7 Å². The molecule has 1 N–H and O–H groups in total. The van der Waals surface area contributed by atoms with Crippen molar-refractivity contribution in [1.29, 1.82) is 0 Å². The minimum atomic E-state index is -0.609. The summed E-state index contributed by atoms with van der Waals surface area (Å²) in [6, 6.07) is 0. The van der Waals surface area contributed by atoms with Gasteiger partial charge in [0.2, 0.25) is 0 Å². The maximum absolute atomic E-state index is 11.5. The summed E-state index contributed by atoms with van der Waals surface area (Å²) < 4.78 is 0. The molecule has 5 heteroatoms. The van der Waals surface area contributed by atoms with Crippen LogP contribution in [0.4, 0.5) is 0 Å². The second kappa shape index (κ2) is 5.80. The van der Waals surface area contributed by atoms with E-state index in [0.29, 0.717) is 0 Å². The first-order valence-corrected chi connectivity index (χ1v) is 7.37. The molecule has 1 aliphatic heterocycles. The van der Waals surface area contributed by atoms with Crippen LogP contribution >= 0.6 is 11.3 Å². The van der Waals surface area contributed by atoms with Gasteiger partial charge < -0.3 is 5.11 Å². The molecule has 0 saturated carbocycles. The number of aliphatic carboxylic acids is 1. The number of rotatable bonds is 5. The van der Waals surface area contributed by atoms with Crippen LogP contribution in [0.1, 0.15) is 37.5 Å². The van der Waals surface area contributed by atoms with Crippen molar-refractivity contribution in [2.45, 2.75) is 39.2 Å². The average molecular weight is 268 g/mol. The van der Waals surface area contributed by atoms with Gasteiger partial charge in [0.1, 0.15) is 0 Å². The summed E-state index contributed by atoms with van der Waals surface area (Å²) >= 11 is 1.66. The van der Waals surface area contributed by atoms with Gasteiger partial charge >= 0.3 is 5.97 Å². The first kappa shape index (κ1) is 13.5. The number of hydrogen-bond acceptors (Lipinski definition) is 4. The van der Waals surface area contributed by atoms with Gasteiger partial charge in [-0.2, -0.15) is 0 Å². The SMILES string of the molecule is CCCC1(C(=O)O)CCN(Cc2cncs2)CC1. The molecule has 0 aromatic carbocycles. The normalized spacial score (nSPS) is 19.8. The Balaban J connectivity index is 1.91. The molecule has 4 nitrogen and oxygen atoms in total. The minimum Gasteiger partial charge on any atom is -0.481 e. The molecule has 0 bridgehead atoms. The van der Waals surface area contributed by atoms with E-state index >= 15 is 0 Å². The molecular formula is C13H20N2O2S. The molecule has 2 rings (SSSR count). The van der Waals surface area contributed by atoms with E-state index in [1.54, 1.807) is 11.3 Å². The number of piperidine rings is 1. The first-order valence-electron chi connectivity index (χ1n) is 6.49. The van der Waals surface area contributed by atoms with Gasteiger partial charge in [-0.1, -0.05) is 13.3 Å². The monoisotopic (exact) mass is 268 g/mol. The zero-order valence-corrected chi connectivity index (χ0v) is 11.6. The number of nitrogens with zero attached hydrogens (tertiary/aromatic N) is 2. The van der Waals surface area contributed by atoms with Crippen LogP contribution in [0, 0.1) is 5.41 Å². The summed E-state index contributed by atoms with van der Waals surface area (Å²) in [4.78, 5) is 19.1. The van der Waals surface area contributed by atoms with Crippen molar-refractivity contribution in [2.24, 2.45) is 5.41 Å². The Labute approximate surface area is 112 Å². The molecule has 0 aliphatic carbocycles. The van der Waals surface area contributed by atoms with Crippen molar-refractivity contribution >= 4 is 17.3 Å². The van der Waals surface area contributed by atoms with Crippen LogP contribution in [0.2, 0.25) is 0 Å². The van der Waals surface area contributed by atoms with Gasteiger partial charge in [0.05, 0.1) is 10.9 Å². The fourth-order valence-corrected chi connectivity index (χ4v) is 3.37. The van der Waals surface area contributed by atoms with E-state index in [2.05, 4.69) is 16.8 Å². The Hall–Kier alpha value is -0.940. The Bertz CT molecular complexity index is 384. The van der Waals surface area contributed by atoms with Crippen LogP contribution in [0.15, 0.2) is 11.7 Å². The molecule has 100 valence electrons. The zero-order valence-electron chi connectivity index (χ0n) is 10.8. The van der Waals surface area contributed by atoms with Crippen LogP contribution < -0.4 is 0 Å². The maximum atomic E-state index is 11.5. The second-order valence-electron chi connectivity index (χ2n) is 5.08. The highest BCUT2D eigenvalue weighted by molar-refractivity contribution is 7.09. The van der Waals surface area contributed by atoms with E-state index in [1.165, 1.54) is 4.88 Å². The molecule has 0 atom stereocenters. The van der Waals surface area contributed by atoms with E-state index < -0.39 is 11.4 Å². The predicted molar refractivity (Wildman–Crippen MR) is 71.6 cm³/mol. The number of carboxylic acids is 1. The summed E-state index contributed by atoms with van der Waals surface area (Å²) in [6.45, 7) is 4.73. The van der Waals surface area contributed by atoms with E-state index in [0.717, 1.165) is 45.3 Å². The maximum Gasteiger partial charge on any atom is 0.309 e. The van der Waals surface area contributed by atoms with Crippen molar-refractivity contribution < 1.29 is 9.90 Å². The zero-order chi connectivity index (χ0) is 13.0. The van der Waals surface area contributed by atoms with E-state index in [9.17, 15) is 9.90 Å². The topological polar surface area (TPSA) is 53.4 Å². The van der Waals surface area contributed by atoms with Crippen molar-refractivity contribution in [3.63, 3.8) is 0 Å². The fraction of sp³-hybridized carbons (Fsp3) is 0.692. The molecule has 0 unspecified atom stereocenters. The van der Waals surface area contributed by atoms with Crippen molar-refractivity contribution in [3.05, 3.63) is 16.6 Å². The van der Waals surface area contributed by atoms with Crippen molar-refractivity contribution in [2.75, 3.05) is 13.1 Å². The van der Waals surface area contributed by atoms with Gasteiger partial charge in [-0.25, -0.2) is 0 Å². The van der Waals surface area contributed by atoms with Crippen LogP contribution in [-0.4, -0.2) is 34.0 Å². The summed E-state index contributed by atoms with van der Waals surface area (Å²) in [5, 5.41) is 9.44. The largest absolute Gasteiger partial charge is 0.481 e. The molecule has 1 saturated heterocycles. The van der Waals surface area contributed by atoms with Crippen LogP contribution in [-0.2, 0) is 11.3 Å². The third-order valence-electron chi connectivity index (χ3n) is 3.86. The molecule has 1 aromatic rings. The molecule has 0 amide bonds. The van der Waals surface area contributed by atoms with Crippen LogP contribution in [0.5, 0.6) is 0 Å². The molecule has 0 spiro atoms. The predicted octanol–water partition coefficient (Wildman–Crippen LogP) is 2.61. The van der Waals surface area contributed by atoms with Gasteiger partial charge in [-0.3, -0.25) is 14.7 Å². The lowest BCUT2D eigenvalue weighted by molar-refractivity contribution is -0.152. The van der Waals surface area contributed by atoms with Gasteiger partial charge in [-0.15, -0.1) is 11.3 Å². The Kier molecular flexibility index (Phi) is 4.35. The van der Waals surface area contributed by atoms with Crippen LogP contribution in [0.25, 0.3) is 0 Å². The van der Waals surface area contributed by atoms with Crippen molar-refractivity contribution in [1.82, 2.24) is 9.88 Å². The lowest BCUT2D eigenvalue weighted by Gasteiger charge is -2.38. The molecule has 18 heavy (non-hydrogen) atoms. The standard InChI is InChI=1S/C13H20N2O2S/c1-2-3-13(12(16)17)4-6-15(7-5-13)9-11-8-14-10-18-11/h8,10H,2-7,9H2,1H3,(H,16,17). The smallest absolute Gasteiger partial charge is 0.309 e. The Morgan fingerprint density at radius 3 is 2.78 bits per heavy atom. The quantitative estimate of drug-likeness (QED) is 0.892. The average Bonchev–Trinajstić information content (AvgIpc) is 2.85. The molecule has 2 heterocycles. The Morgan fingerprint density at radius 2 is 2.28 bits per heavy atom. The number of likely N-dealkylation sites (tertiary alicyclic amines) is 1. The highest BCUT2D eigenvalue weighted by Gasteiger charge is 2.40. The third kappa shape index (κ3) is 2.90. The lowest BCUT2D eigenvalue weighted by Crippen LogP contribution is -2.43. The van der Waals surface area contributed by atoms with E-state index in [4.69, 9.17) is 0 Å². The number of hydrogen-bond donors (Lipinski definition) is 1.